The van der Waals surface area contributed by atoms with Gasteiger partial charge >= 0.3 is 0 Å². The molecule has 0 amide bonds. The van der Waals surface area contributed by atoms with Crippen LogP contribution in [0.4, 0.5) is 5.95 Å². The minimum absolute atomic E-state index is 0.139. The number of nitrogens with one attached hydrogen (secondary N) is 1. The molecule has 5 heteroatoms. The van der Waals surface area contributed by atoms with E-state index in [0.29, 0.717) is 30.4 Å². The lowest BCUT2D eigenvalue weighted by atomic mass is 9.81. The topological polar surface area (TPSA) is 64.1 Å². The number of fused-ring (bicyclic) bond motifs is 1. The standard InChI is InChI=1S/C22H27N3O2/c1-14(2)15-5-7-16(8-6-15)17-10-20-19(21(26)11-17)13-24-22(25-20)23-12-18-4-3-9-27-18/h5-8,13-14,17-18H,3-4,9-12H2,1-2H3,(H,23,24,25)/t17-,18+/m1/s1. The lowest BCUT2D eigenvalue weighted by Crippen LogP contribution is -2.23. The first-order valence-electron chi connectivity index (χ1n) is 9.94. The quantitative estimate of drug-likeness (QED) is 0.864. The van der Waals surface area contributed by atoms with Gasteiger partial charge in [-0.05, 0) is 42.2 Å². The van der Waals surface area contributed by atoms with E-state index in [1.165, 1.54) is 11.1 Å². The zero-order valence-corrected chi connectivity index (χ0v) is 16.1. The Kier molecular flexibility index (Phi) is 5.21. The number of Topliss-reactive ketones (excluding diaryl/α,β-unsaturated/α-hetero) is 1. The van der Waals surface area contributed by atoms with Crippen molar-refractivity contribution in [2.24, 2.45) is 0 Å². The Bertz CT molecular complexity index is 811. The molecule has 2 heterocycles. The monoisotopic (exact) mass is 365 g/mol. The maximum Gasteiger partial charge on any atom is 0.222 e. The van der Waals surface area contributed by atoms with E-state index in [-0.39, 0.29) is 17.8 Å². The molecule has 0 saturated carbocycles. The van der Waals surface area contributed by atoms with Crippen LogP contribution < -0.4 is 5.32 Å². The third-order valence-electron chi connectivity index (χ3n) is 5.63. The summed E-state index contributed by atoms with van der Waals surface area (Å²) in [6.45, 7) is 5.94. The van der Waals surface area contributed by atoms with E-state index >= 15 is 0 Å². The molecule has 1 aromatic carbocycles. The van der Waals surface area contributed by atoms with Crippen LogP contribution in [0.25, 0.3) is 0 Å². The van der Waals surface area contributed by atoms with Crippen LogP contribution >= 0.6 is 0 Å². The van der Waals surface area contributed by atoms with Gasteiger partial charge in [-0.1, -0.05) is 38.1 Å². The van der Waals surface area contributed by atoms with Gasteiger partial charge in [0.15, 0.2) is 5.78 Å². The van der Waals surface area contributed by atoms with Gasteiger partial charge in [0.1, 0.15) is 0 Å². The van der Waals surface area contributed by atoms with E-state index in [1.807, 2.05) is 0 Å². The minimum atomic E-state index is 0.139. The van der Waals surface area contributed by atoms with E-state index in [1.54, 1.807) is 6.20 Å². The third kappa shape index (κ3) is 4.03. The molecule has 0 bridgehead atoms. The van der Waals surface area contributed by atoms with Gasteiger partial charge in [0, 0.05) is 25.8 Å². The number of hydrogen-bond donors (Lipinski definition) is 1. The van der Waals surface area contributed by atoms with Crippen LogP contribution in [0.1, 0.15) is 72.1 Å². The average Bonchev–Trinajstić information content (AvgIpc) is 3.20. The minimum Gasteiger partial charge on any atom is -0.376 e. The predicted molar refractivity (Wildman–Crippen MR) is 105 cm³/mol. The molecule has 2 atom stereocenters. The van der Waals surface area contributed by atoms with Crippen LogP contribution in [0.3, 0.4) is 0 Å². The maximum atomic E-state index is 12.6. The number of aromatic nitrogens is 2. The molecule has 2 aromatic rings. The molecule has 0 radical (unpaired) electrons. The van der Waals surface area contributed by atoms with E-state index in [4.69, 9.17) is 4.74 Å². The smallest absolute Gasteiger partial charge is 0.222 e. The fourth-order valence-corrected chi connectivity index (χ4v) is 3.93. The first-order valence-corrected chi connectivity index (χ1v) is 9.94. The zero-order valence-electron chi connectivity index (χ0n) is 16.1. The summed E-state index contributed by atoms with van der Waals surface area (Å²) >= 11 is 0. The van der Waals surface area contributed by atoms with Gasteiger partial charge in [0.2, 0.25) is 5.95 Å². The molecular weight excluding hydrogens is 338 g/mol. The summed E-state index contributed by atoms with van der Waals surface area (Å²) in [7, 11) is 0. The first-order chi connectivity index (χ1) is 13.1. The van der Waals surface area contributed by atoms with E-state index in [0.717, 1.165) is 31.6 Å². The molecular formula is C22H27N3O2. The van der Waals surface area contributed by atoms with Crippen LogP contribution in [0.15, 0.2) is 30.5 Å². The second kappa shape index (κ2) is 7.77. The average molecular weight is 365 g/mol. The van der Waals surface area contributed by atoms with Crippen LogP contribution in [0.5, 0.6) is 0 Å². The number of benzene rings is 1. The summed E-state index contributed by atoms with van der Waals surface area (Å²) < 4.78 is 5.63. The number of nitrogens with zero attached hydrogens (tertiary/aromatic N) is 2. The predicted octanol–water partition coefficient (Wildman–Crippen LogP) is 4.10. The third-order valence-corrected chi connectivity index (χ3v) is 5.63. The summed E-state index contributed by atoms with van der Waals surface area (Å²) in [5.41, 5.74) is 4.07. The Morgan fingerprint density at radius 1 is 1.22 bits per heavy atom. The van der Waals surface area contributed by atoms with Crippen molar-refractivity contribution in [1.29, 1.82) is 0 Å². The summed E-state index contributed by atoms with van der Waals surface area (Å²) in [5.74, 6) is 1.43. The summed E-state index contributed by atoms with van der Waals surface area (Å²) in [6, 6.07) is 8.68. The number of carbonyl (C=O) groups is 1. The highest BCUT2D eigenvalue weighted by atomic mass is 16.5. The molecule has 4 rings (SSSR count). The lowest BCUT2D eigenvalue weighted by Gasteiger charge is -2.24. The lowest BCUT2D eigenvalue weighted by molar-refractivity contribution is 0.0962. The largest absolute Gasteiger partial charge is 0.376 e. The Hall–Kier alpha value is -2.27. The van der Waals surface area contributed by atoms with Gasteiger partial charge in [-0.25, -0.2) is 9.97 Å². The Balaban J connectivity index is 1.49. The van der Waals surface area contributed by atoms with Gasteiger partial charge in [0.25, 0.3) is 0 Å². The number of ether oxygens (including phenoxy) is 1. The molecule has 5 nitrogen and oxygen atoms in total. The fourth-order valence-electron chi connectivity index (χ4n) is 3.93. The number of ketones is 1. The molecule has 0 spiro atoms. The SMILES string of the molecule is CC(C)c1ccc([C@H]2CC(=O)c3cnc(NC[C@@H]4CCCO4)nc3C2)cc1. The van der Waals surface area contributed by atoms with E-state index in [2.05, 4.69) is 53.4 Å². The van der Waals surface area contributed by atoms with Crippen molar-refractivity contribution in [2.75, 3.05) is 18.5 Å². The molecule has 2 aliphatic rings. The molecule has 1 N–H and O–H groups in total. The Labute approximate surface area is 160 Å². The van der Waals surface area contributed by atoms with Crippen molar-refractivity contribution in [2.45, 2.75) is 57.5 Å². The van der Waals surface area contributed by atoms with Crippen molar-refractivity contribution in [1.82, 2.24) is 9.97 Å². The van der Waals surface area contributed by atoms with Crippen LogP contribution in [-0.2, 0) is 11.2 Å². The Morgan fingerprint density at radius 3 is 2.74 bits per heavy atom. The molecule has 27 heavy (non-hydrogen) atoms. The van der Waals surface area contributed by atoms with Crippen molar-refractivity contribution in [3.8, 4) is 0 Å². The Morgan fingerprint density at radius 2 is 2.04 bits per heavy atom. The second-order valence-corrected chi connectivity index (χ2v) is 7.92. The fraction of sp³-hybridized carbons (Fsp3) is 0.500. The van der Waals surface area contributed by atoms with Gasteiger partial charge in [-0.2, -0.15) is 0 Å². The maximum absolute atomic E-state index is 12.6. The highest BCUT2D eigenvalue weighted by Gasteiger charge is 2.28. The second-order valence-electron chi connectivity index (χ2n) is 7.92. The van der Waals surface area contributed by atoms with Gasteiger partial charge in [0.05, 0.1) is 17.4 Å². The molecule has 142 valence electrons. The normalized spacial score (nSPS) is 22.1. The molecule has 1 aromatic heterocycles. The van der Waals surface area contributed by atoms with Gasteiger partial charge in [-0.3, -0.25) is 4.79 Å². The first kappa shape index (κ1) is 18.1. The van der Waals surface area contributed by atoms with Crippen molar-refractivity contribution < 1.29 is 9.53 Å². The number of anilines is 1. The highest BCUT2D eigenvalue weighted by molar-refractivity contribution is 5.98. The van der Waals surface area contributed by atoms with Crippen LogP contribution in [0.2, 0.25) is 0 Å². The van der Waals surface area contributed by atoms with Crippen molar-refractivity contribution in [3.63, 3.8) is 0 Å². The summed E-state index contributed by atoms with van der Waals surface area (Å²) in [4.78, 5) is 21.6. The number of carbonyl (C=O) groups excluding carboxylic acids is 1. The number of rotatable bonds is 5. The molecule has 1 saturated heterocycles. The van der Waals surface area contributed by atoms with Crippen molar-refractivity contribution >= 4 is 11.7 Å². The highest BCUT2D eigenvalue weighted by Crippen LogP contribution is 2.32. The summed E-state index contributed by atoms with van der Waals surface area (Å²) in [5, 5.41) is 3.27. The molecule has 1 aliphatic carbocycles. The van der Waals surface area contributed by atoms with Crippen molar-refractivity contribution in [3.05, 3.63) is 52.8 Å². The van der Waals surface area contributed by atoms with E-state index in [9.17, 15) is 4.79 Å². The van der Waals surface area contributed by atoms with E-state index < -0.39 is 0 Å². The molecule has 1 aliphatic heterocycles. The van der Waals surface area contributed by atoms with Gasteiger partial charge in [-0.15, -0.1) is 0 Å². The van der Waals surface area contributed by atoms with Crippen LogP contribution in [-0.4, -0.2) is 35.0 Å². The van der Waals surface area contributed by atoms with Crippen LogP contribution in [0, 0.1) is 0 Å². The number of hydrogen-bond acceptors (Lipinski definition) is 5. The molecule has 1 fully saturated rings. The van der Waals surface area contributed by atoms with Gasteiger partial charge < -0.3 is 10.1 Å². The summed E-state index contributed by atoms with van der Waals surface area (Å²) in [6.07, 6.45) is 5.41. The molecule has 0 unspecified atom stereocenters. The zero-order chi connectivity index (χ0) is 18.8.